The zero-order chi connectivity index (χ0) is 15.6. The van der Waals surface area contributed by atoms with Crippen LogP contribution in [0, 0.1) is 0 Å². The smallest absolute Gasteiger partial charge is 0.265 e. The number of nitrogens with zero attached hydrogens (tertiary/aromatic N) is 2. The average Bonchev–Trinajstić information content (AvgIpc) is 2.45. The molecule has 1 fully saturated rings. The van der Waals surface area contributed by atoms with Crippen molar-refractivity contribution in [1.82, 2.24) is 9.80 Å². The second kappa shape index (κ2) is 6.37. The van der Waals surface area contributed by atoms with Gasteiger partial charge in [-0.05, 0) is 49.8 Å². The number of benzene rings is 1. The molecular weight excluding hydrogens is 308 g/mol. The van der Waals surface area contributed by atoms with Crippen molar-refractivity contribution in [3.05, 3.63) is 40.4 Å². The van der Waals surface area contributed by atoms with E-state index in [1.54, 1.807) is 30.3 Å². The molecule has 1 aliphatic heterocycles. The molecule has 1 saturated heterocycles. The molecule has 2 rings (SSSR count). The molecule has 0 radical (unpaired) electrons. The van der Waals surface area contributed by atoms with Crippen LogP contribution in [0.3, 0.4) is 0 Å². The molecule has 0 saturated carbocycles. The van der Waals surface area contributed by atoms with E-state index in [0.29, 0.717) is 23.7 Å². The molecular formula is C15H15ClN2O2S. The van der Waals surface area contributed by atoms with Gasteiger partial charge in [0.15, 0.2) is 5.11 Å². The lowest BCUT2D eigenvalue weighted by Crippen LogP contribution is -2.55. The Morgan fingerprint density at radius 3 is 2.19 bits per heavy atom. The average molecular weight is 323 g/mol. The van der Waals surface area contributed by atoms with Crippen LogP contribution in [0.15, 0.2) is 29.8 Å². The van der Waals surface area contributed by atoms with Gasteiger partial charge in [0.1, 0.15) is 5.57 Å². The normalized spacial score (nSPS) is 15.8. The fraction of sp³-hybridized carbons (Fsp3) is 0.267. The Labute approximate surface area is 134 Å². The minimum Gasteiger partial charge on any atom is -0.285 e. The molecule has 0 spiro atoms. The van der Waals surface area contributed by atoms with Crippen LogP contribution in [0.1, 0.15) is 19.4 Å². The molecule has 0 bridgehead atoms. The van der Waals surface area contributed by atoms with E-state index in [2.05, 4.69) is 0 Å². The third-order valence-corrected chi connectivity index (χ3v) is 3.88. The Bertz CT molecular complexity index is 614. The zero-order valence-electron chi connectivity index (χ0n) is 11.8. The van der Waals surface area contributed by atoms with Gasteiger partial charge < -0.3 is 0 Å². The number of halogens is 1. The number of thiocarbonyl (C=S) groups is 1. The van der Waals surface area contributed by atoms with E-state index in [4.69, 9.17) is 23.8 Å². The van der Waals surface area contributed by atoms with E-state index in [-0.39, 0.29) is 22.5 Å². The Hall–Kier alpha value is -1.72. The molecule has 0 atom stereocenters. The standard InChI is InChI=1S/C15H15ClN2O2S/c1-3-17-13(19)12(14(20)18(4-2)15(17)21)9-10-6-5-7-11(16)8-10/h5-9H,3-4H2,1-2H3. The number of carbonyl (C=O) groups is 2. The molecule has 4 nitrogen and oxygen atoms in total. The maximum Gasteiger partial charge on any atom is 0.265 e. The van der Waals surface area contributed by atoms with E-state index in [0.717, 1.165) is 0 Å². The first-order valence-corrected chi connectivity index (χ1v) is 7.43. The van der Waals surface area contributed by atoms with Crippen molar-refractivity contribution < 1.29 is 9.59 Å². The monoisotopic (exact) mass is 322 g/mol. The summed E-state index contributed by atoms with van der Waals surface area (Å²) in [6.07, 6.45) is 1.56. The van der Waals surface area contributed by atoms with Gasteiger partial charge in [0.05, 0.1) is 0 Å². The highest BCUT2D eigenvalue weighted by molar-refractivity contribution is 7.80. The van der Waals surface area contributed by atoms with Gasteiger partial charge in [0.2, 0.25) is 0 Å². The Balaban J connectivity index is 2.47. The summed E-state index contributed by atoms with van der Waals surface area (Å²) >= 11 is 11.1. The van der Waals surface area contributed by atoms with Crippen molar-refractivity contribution in [2.45, 2.75) is 13.8 Å². The summed E-state index contributed by atoms with van der Waals surface area (Å²) in [5, 5.41) is 0.813. The molecule has 6 heteroatoms. The molecule has 1 aromatic rings. The number of hydrogen-bond donors (Lipinski definition) is 0. The van der Waals surface area contributed by atoms with E-state index in [1.807, 2.05) is 13.8 Å². The largest absolute Gasteiger partial charge is 0.285 e. The summed E-state index contributed by atoms with van der Waals surface area (Å²) in [6, 6.07) is 7.00. The van der Waals surface area contributed by atoms with Crippen LogP contribution in [-0.4, -0.2) is 39.8 Å². The van der Waals surface area contributed by atoms with Gasteiger partial charge in [-0.1, -0.05) is 23.7 Å². The summed E-state index contributed by atoms with van der Waals surface area (Å²) in [6.45, 7) is 4.50. The molecule has 2 amide bonds. The van der Waals surface area contributed by atoms with Gasteiger partial charge in [-0.3, -0.25) is 19.4 Å². The van der Waals surface area contributed by atoms with Crippen molar-refractivity contribution in [3.63, 3.8) is 0 Å². The van der Waals surface area contributed by atoms with Gasteiger partial charge in [-0.15, -0.1) is 0 Å². The highest BCUT2D eigenvalue weighted by Crippen LogP contribution is 2.21. The summed E-state index contributed by atoms with van der Waals surface area (Å²) < 4.78 is 0. The zero-order valence-corrected chi connectivity index (χ0v) is 13.4. The second-order valence-electron chi connectivity index (χ2n) is 4.49. The van der Waals surface area contributed by atoms with E-state index in [1.165, 1.54) is 9.80 Å². The van der Waals surface area contributed by atoms with Gasteiger partial charge >= 0.3 is 0 Å². The fourth-order valence-corrected chi connectivity index (χ4v) is 2.77. The molecule has 1 aliphatic rings. The van der Waals surface area contributed by atoms with E-state index < -0.39 is 0 Å². The van der Waals surface area contributed by atoms with Crippen LogP contribution in [0.25, 0.3) is 6.08 Å². The van der Waals surface area contributed by atoms with Crippen LogP contribution in [0.5, 0.6) is 0 Å². The Kier molecular flexibility index (Phi) is 4.75. The molecule has 0 aliphatic carbocycles. The summed E-state index contributed by atoms with van der Waals surface area (Å²) in [7, 11) is 0. The van der Waals surface area contributed by atoms with Crippen molar-refractivity contribution in [2.24, 2.45) is 0 Å². The molecule has 21 heavy (non-hydrogen) atoms. The fourth-order valence-electron chi connectivity index (χ4n) is 2.15. The highest BCUT2D eigenvalue weighted by Gasteiger charge is 2.37. The molecule has 0 aromatic heterocycles. The SMILES string of the molecule is CCN1C(=O)C(=Cc2cccc(Cl)c2)C(=O)N(CC)C1=S. The van der Waals surface area contributed by atoms with Gasteiger partial charge in [-0.25, -0.2) is 0 Å². The van der Waals surface area contributed by atoms with Crippen LogP contribution >= 0.6 is 23.8 Å². The van der Waals surface area contributed by atoms with E-state index >= 15 is 0 Å². The predicted octanol–water partition coefficient (Wildman–Crippen LogP) is 2.72. The van der Waals surface area contributed by atoms with Crippen LogP contribution < -0.4 is 0 Å². The minimum atomic E-state index is -0.364. The van der Waals surface area contributed by atoms with Gasteiger partial charge in [-0.2, -0.15) is 0 Å². The van der Waals surface area contributed by atoms with Crippen LogP contribution in [0.4, 0.5) is 0 Å². The second-order valence-corrected chi connectivity index (χ2v) is 5.30. The number of carbonyl (C=O) groups excluding carboxylic acids is 2. The molecule has 110 valence electrons. The maximum atomic E-state index is 12.4. The first-order valence-electron chi connectivity index (χ1n) is 6.64. The predicted molar refractivity (Wildman–Crippen MR) is 86.8 cm³/mol. The van der Waals surface area contributed by atoms with Crippen molar-refractivity contribution in [1.29, 1.82) is 0 Å². The van der Waals surface area contributed by atoms with Crippen molar-refractivity contribution in [2.75, 3.05) is 13.1 Å². The van der Waals surface area contributed by atoms with Crippen LogP contribution in [0.2, 0.25) is 5.02 Å². The highest BCUT2D eigenvalue weighted by atomic mass is 35.5. The molecule has 0 unspecified atom stereocenters. The summed E-state index contributed by atoms with van der Waals surface area (Å²) in [4.78, 5) is 27.7. The first-order chi connectivity index (χ1) is 9.99. The van der Waals surface area contributed by atoms with Crippen molar-refractivity contribution >= 4 is 46.8 Å². The third-order valence-electron chi connectivity index (χ3n) is 3.21. The maximum absolute atomic E-state index is 12.4. The summed E-state index contributed by atoms with van der Waals surface area (Å²) in [5.74, 6) is -0.727. The molecule has 1 aromatic carbocycles. The molecule has 1 heterocycles. The Morgan fingerprint density at radius 2 is 1.71 bits per heavy atom. The van der Waals surface area contributed by atoms with Crippen molar-refractivity contribution in [3.8, 4) is 0 Å². The number of likely N-dealkylation sites (N-methyl/N-ethyl adjacent to an activating group) is 2. The number of rotatable bonds is 3. The first kappa shape index (κ1) is 15.7. The molecule has 0 N–H and O–H groups in total. The lowest BCUT2D eigenvalue weighted by Gasteiger charge is -2.35. The third kappa shape index (κ3) is 2.99. The lowest BCUT2D eigenvalue weighted by molar-refractivity contribution is -0.133. The van der Waals surface area contributed by atoms with Gasteiger partial charge in [0, 0.05) is 18.1 Å². The van der Waals surface area contributed by atoms with Crippen LogP contribution in [-0.2, 0) is 9.59 Å². The minimum absolute atomic E-state index is 0.106. The van der Waals surface area contributed by atoms with E-state index in [9.17, 15) is 9.59 Å². The number of amides is 2. The topological polar surface area (TPSA) is 40.6 Å². The quantitative estimate of drug-likeness (QED) is 0.488. The lowest BCUT2D eigenvalue weighted by atomic mass is 10.1. The number of hydrogen-bond acceptors (Lipinski definition) is 3. The Morgan fingerprint density at radius 1 is 1.14 bits per heavy atom. The van der Waals surface area contributed by atoms with Gasteiger partial charge in [0.25, 0.3) is 11.8 Å². The summed E-state index contributed by atoms with van der Waals surface area (Å²) in [5.41, 5.74) is 0.814.